The number of aryl methyl sites for hydroxylation is 3. The molecule has 0 bridgehead atoms. The smallest absolute Gasteiger partial charge is 0.335 e. The lowest BCUT2D eigenvalue weighted by Crippen LogP contribution is -2.54. The van der Waals surface area contributed by atoms with Crippen LogP contribution in [0.1, 0.15) is 27.8 Å². The fourth-order valence-electron chi connectivity index (χ4n) is 3.99. The fourth-order valence-corrected chi connectivity index (χ4v) is 3.99. The van der Waals surface area contributed by atoms with Crippen molar-refractivity contribution in [3.05, 3.63) is 94.1 Å². The molecule has 3 aromatic rings. The Kier molecular flexibility index (Phi) is 6.68. The van der Waals surface area contributed by atoms with Crippen LogP contribution in [0.15, 0.2) is 66.2 Å². The number of hydrogen-bond acceptors (Lipinski definition) is 5. The maximum atomic E-state index is 13.2. The van der Waals surface area contributed by atoms with Gasteiger partial charge in [0.15, 0.2) is 11.5 Å². The molecule has 7 heteroatoms. The number of anilines is 1. The third-order valence-corrected chi connectivity index (χ3v) is 5.54. The Morgan fingerprint density at radius 1 is 0.857 bits per heavy atom. The molecule has 1 saturated heterocycles. The zero-order valence-electron chi connectivity index (χ0n) is 20.0. The Hall–Kier alpha value is -4.39. The number of hydrogen-bond donors (Lipinski definition) is 1. The number of nitrogens with one attached hydrogen (secondary N) is 1. The van der Waals surface area contributed by atoms with E-state index >= 15 is 0 Å². The number of carbonyl (C=O) groups is 3. The van der Waals surface area contributed by atoms with E-state index in [9.17, 15) is 14.4 Å². The first kappa shape index (κ1) is 23.8. The summed E-state index contributed by atoms with van der Waals surface area (Å²) >= 11 is 0. The molecule has 3 aromatic carbocycles. The number of ether oxygens (including phenoxy) is 2. The third-order valence-electron chi connectivity index (χ3n) is 5.54. The highest BCUT2D eigenvalue weighted by molar-refractivity contribution is 6.39. The predicted molar refractivity (Wildman–Crippen MR) is 133 cm³/mol. The molecule has 4 rings (SSSR count). The van der Waals surface area contributed by atoms with Crippen LogP contribution in [0.2, 0.25) is 0 Å². The number of carbonyl (C=O) groups excluding carboxylic acids is 3. The fraction of sp³-hybridized carbons (Fsp3) is 0.179. The average Bonchev–Trinajstić information content (AvgIpc) is 2.80. The molecule has 1 fully saturated rings. The molecule has 178 valence electrons. The van der Waals surface area contributed by atoms with E-state index < -0.39 is 17.8 Å². The lowest BCUT2D eigenvalue weighted by molar-refractivity contribution is -0.122. The van der Waals surface area contributed by atoms with E-state index in [4.69, 9.17) is 9.47 Å². The lowest BCUT2D eigenvalue weighted by atomic mass is 10.0. The first-order valence-electron chi connectivity index (χ1n) is 11.1. The molecule has 0 aromatic heterocycles. The minimum Gasteiger partial charge on any atom is -0.493 e. The topological polar surface area (TPSA) is 84.9 Å². The molecule has 0 aliphatic carbocycles. The number of methoxy groups -OCH3 is 1. The molecule has 35 heavy (non-hydrogen) atoms. The molecule has 0 spiro atoms. The molecular weight excluding hydrogens is 444 g/mol. The van der Waals surface area contributed by atoms with Gasteiger partial charge in [0, 0.05) is 0 Å². The number of benzene rings is 3. The van der Waals surface area contributed by atoms with Gasteiger partial charge in [0.25, 0.3) is 11.8 Å². The van der Waals surface area contributed by atoms with E-state index in [1.54, 1.807) is 30.3 Å². The Morgan fingerprint density at radius 2 is 1.60 bits per heavy atom. The van der Waals surface area contributed by atoms with Crippen molar-refractivity contribution in [2.45, 2.75) is 27.4 Å². The van der Waals surface area contributed by atoms with Gasteiger partial charge in [-0.3, -0.25) is 14.9 Å². The van der Waals surface area contributed by atoms with Crippen molar-refractivity contribution < 1.29 is 23.9 Å². The van der Waals surface area contributed by atoms with Gasteiger partial charge in [0.05, 0.1) is 12.8 Å². The molecule has 0 unspecified atom stereocenters. The van der Waals surface area contributed by atoms with Crippen LogP contribution < -0.4 is 19.7 Å². The van der Waals surface area contributed by atoms with Crippen molar-refractivity contribution in [3.63, 3.8) is 0 Å². The highest BCUT2D eigenvalue weighted by Crippen LogP contribution is 2.31. The SMILES string of the molecule is COc1cc(/C=C2\C(=O)NC(=O)N(c3cc(C)cc(C)c3)C2=O)ccc1OCc1cccc(C)c1. The molecule has 1 aliphatic heterocycles. The molecule has 4 amide bonds. The van der Waals surface area contributed by atoms with Crippen molar-refractivity contribution in [3.8, 4) is 11.5 Å². The van der Waals surface area contributed by atoms with E-state index in [0.717, 1.165) is 27.2 Å². The maximum Gasteiger partial charge on any atom is 0.335 e. The second-order valence-electron chi connectivity index (χ2n) is 8.49. The van der Waals surface area contributed by atoms with Crippen LogP contribution in [-0.2, 0) is 16.2 Å². The summed E-state index contributed by atoms with van der Waals surface area (Å²) in [5.41, 5.74) is 4.77. The van der Waals surface area contributed by atoms with E-state index in [2.05, 4.69) is 5.32 Å². The van der Waals surface area contributed by atoms with Crippen LogP contribution in [0.5, 0.6) is 11.5 Å². The van der Waals surface area contributed by atoms with Gasteiger partial charge in [-0.25, -0.2) is 9.69 Å². The monoisotopic (exact) mass is 470 g/mol. The molecule has 1 heterocycles. The quantitative estimate of drug-likeness (QED) is 0.411. The zero-order valence-corrected chi connectivity index (χ0v) is 20.0. The van der Waals surface area contributed by atoms with Gasteiger partial charge in [-0.2, -0.15) is 0 Å². The van der Waals surface area contributed by atoms with Crippen LogP contribution >= 0.6 is 0 Å². The first-order chi connectivity index (χ1) is 16.7. The summed E-state index contributed by atoms with van der Waals surface area (Å²) in [6.07, 6.45) is 1.44. The molecule has 0 atom stereocenters. The Labute approximate surface area is 204 Å². The van der Waals surface area contributed by atoms with Crippen molar-refractivity contribution >= 4 is 29.6 Å². The number of rotatable bonds is 6. The zero-order chi connectivity index (χ0) is 25.1. The highest BCUT2D eigenvalue weighted by atomic mass is 16.5. The minimum absolute atomic E-state index is 0.153. The average molecular weight is 471 g/mol. The molecular formula is C28H26N2O5. The molecule has 0 radical (unpaired) electrons. The summed E-state index contributed by atoms with van der Waals surface area (Å²) in [6.45, 7) is 6.13. The molecule has 7 nitrogen and oxygen atoms in total. The number of barbiturate groups is 1. The standard InChI is InChI=1S/C28H26N2O5/c1-17-6-5-7-21(11-17)16-35-24-9-8-20(15-25(24)34-4)14-23-26(31)29-28(33)30(27(23)32)22-12-18(2)10-19(3)13-22/h5-15H,16H2,1-4H3,(H,29,31,33)/b23-14+. The van der Waals surface area contributed by atoms with Crippen LogP contribution in [0.25, 0.3) is 6.08 Å². The first-order valence-corrected chi connectivity index (χ1v) is 11.1. The van der Waals surface area contributed by atoms with Crippen LogP contribution in [0, 0.1) is 20.8 Å². The number of nitrogens with zero attached hydrogens (tertiary/aromatic N) is 1. The predicted octanol–water partition coefficient (Wildman–Crippen LogP) is 4.87. The summed E-state index contributed by atoms with van der Waals surface area (Å²) in [6, 6.07) is 17.7. The van der Waals surface area contributed by atoms with Crippen LogP contribution in [-0.4, -0.2) is 25.0 Å². The highest BCUT2D eigenvalue weighted by Gasteiger charge is 2.37. The van der Waals surface area contributed by atoms with Gasteiger partial charge in [0.1, 0.15) is 12.2 Å². The van der Waals surface area contributed by atoms with E-state index in [0.29, 0.717) is 29.4 Å². The number of amides is 4. The van der Waals surface area contributed by atoms with Gasteiger partial charge >= 0.3 is 6.03 Å². The summed E-state index contributed by atoms with van der Waals surface area (Å²) in [4.78, 5) is 39.2. The van der Waals surface area contributed by atoms with Gasteiger partial charge in [-0.1, -0.05) is 42.0 Å². The van der Waals surface area contributed by atoms with Gasteiger partial charge in [-0.05, 0) is 73.4 Å². The normalized spacial score (nSPS) is 14.8. The van der Waals surface area contributed by atoms with Crippen molar-refractivity contribution in [2.24, 2.45) is 0 Å². The summed E-state index contributed by atoms with van der Waals surface area (Å²) in [5, 5.41) is 2.25. The second-order valence-corrected chi connectivity index (χ2v) is 8.49. The minimum atomic E-state index is -0.778. The largest absolute Gasteiger partial charge is 0.493 e. The number of imide groups is 2. The van der Waals surface area contributed by atoms with Crippen molar-refractivity contribution in [2.75, 3.05) is 12.0 Å². The summed E-state index contributed by atoms with van der Waals surface area (Å²) < 4.78 is 11.4. The third kappa shape index (κ3) is 5.24. The van der Waals surface area contributed by atoms with E-state index in [1.807, 2.05) is 51.1 Å². The summed E-state index contributed by atoms with van der Waals surface area (Å²) in [7, 11) is 1.52. The number of urea groups is 1. The van der Waals surface area contributed by atoms with Gasteiger partial charge in [-0.15, -0.1) is 0 Å². The summed E-state index contributed by atoms with van der Waals surface area (Å²) in [5.74, 6) is -0.456. The Balaban J connectivity index is 1.61. The lowest BCUT2D eigenvalue weighted by Gasteiger charge is -2.27. The van der Waals surface area contributed by atoms with E-state index in [1.165, 1.54) is 13.2 Å². The maximum absolute atomic E-state index is 13.2. The Morgan fingerprint density at radius 3 is 2.29 bits per heavy atom. The molecule has 1 aliphatic rings. The molecule has 1 N–H and O–H groups in total. The van der Waals surface area contributed by atoms with Gasteiger partial charge < -0.3 is 9.47 Å². The van der Waals surface area contributed by atoms with Crippen molar-refractivity contribution in [1.29, 1.82) is 0 Å². The van der Waals surface area contributed by atoms with Gasteiger partial charge in [0.2, 0.25) is 0 Å². The van der Waals surface area contributed by atoms with Crippen LogP contribution in [0.3, 0.4) is 0 Å². The van der Waals surface area contributed by atoms with Crippen molar-refractivity contribution in [1.82, 2.24) is 5.32 Å². The van der Waals surface area contributed by atoms with Crippen LogP contribution in [0.4, 0.5) is 10.5 Å². The Bertz CT molecular complexity index is 1340. The second kappa shape index (κ2) is 9.85. The van der Waals surface area contributed by atoms with E-state index in [-0.39, 0.29) is 5.57 Å². The molecule has 0 saturated carbocycles.